The number of benzene rings is 2. The molecule has 0 bridgehead atoms. The zero-order chi connectivity index (χ0) is 22.1. The van der Waals surface area contributed by atoms with E-state index in [1.165, 1.54) is 5.56 Å². The summed E-state index contributed by atoms with van der Waals surface area (Å²) in [5.41, 5.74) is 3.27. The van der Waals surface area contributed by atoms with Crippen molar-refractivity contribution in [2.24, 2.45) is 5.92 Å². The van der Waals surface area contributed by atoms with E-state index in [-0.39, 0.29) is 11.8 Å². The number of anilines is 1. The molecule has 2 aromatic carbocycles. The van der Waals surface area contributed by atoms with Crippen LogP contribution in [0.25, 0.3) is 0 Å². The number of hydrogen-bond donors (Lipinski definition) is 2. The van der Waals surface area contributed by atoms with Crippen LogP contribution in [-0.2, 0) is 16.0 Å². The van der Waals surface area contributed by atoms with E-state index >= 15 is 0 Å². The molecule has 1 fully saturated rings. The second kappa shape index (κ2) is 11.7. The van der Waals surface area contributed by atoms with Crippen molar-refractivity contribution in [3.05, 3.63) is 65.7 Å². The fourth-order valence-electron chi connectivity index (χ4n) is 4.39. The molecule has 0 aliphatic carbocycles. The molecule has 31 heavy (non-hydrogen) atoms. The van der Waals surface area contributed by atoms with Crippen molar-refractivity contribution in [2.75, 3.05) is 38.0 Å². The van der Waals surface area contributed by atoms with Gasteiger partial charge in [-0.3, -0.25) is 9.59 Å². The summed E-state index contributed by atoms with van der Waals surface area (Å²) < 4.78 is 0. The number of aryl methyl sites for hydroxylation is 1. The Morgan fingerprint density at radius 2 is 1.68 bits per heavy atom. The van der Waals surface area contributed by atoms with Crippen molar-refractivity contribution in [3.8, 4) is 0 Å². The molecule has 1 aliphatic rings. The van der Waals surface area contributed by atoms with Crippen molar-refractivity contribution < 1.29 is 14.5 Å². The third-order valence-electron chi connectivity index (χ3n) is 6.17. The number of rotatable bonds is 9. The molecule has 1 heterocycles. The molecule has 166 valence electrons. The highest BCUT2D eigenvalue weighted by atomic mass is 16.2. The molecule has 0 spiro atoms. The van der Waals surface area contributed by atoms with E-state index < -0.39 is 0 Å². The number of hydrogen-bond acceptors (Lipinski definition) is 2. The maximum Gasteiger partial charge on any atom is 0.279 e. The number of para-hydroxylation sites is 1. The normalized spacial score (nSPS) is 15.5. The number of nitrogens with zero attached hydrogens (tertiary/aromatic N) is 1. The molecule has 5 nitrogen and oxygen atoms in total. The molecule has 1 aliphatic heterocycles. The molecule has 0 saturated carbocycles. The average molecular weight is 423 g/mol. The predicted molar refractivity (Wildman–Crippen MR) is 125 cm³/mol. The van der Waals surface area contributed by atoms with Gasteiger partial charge in [-0.1, -0.05) is 55.5 Å². The first kappa shape index (κ1) is 23.0. The van der Waals surface area contributed by atoms with Crippen LogP contribution in [-0.4, -0.2) is 49.4 Å². The predicted octanol–water partition coefficient (Wildman–Crippen LogP) is 2.71. The Morgan fingerprint density at radius 3 is 2.35 bits per heavy atom. The van der Waals surface area contributed by atoms with Gasteiger partial charge in [0.2, 0.25) is 0 Å². The molecular formula is C26H36N3O2+. The van der Waals surface area contributed by atoms with Gasteiger partial charge in [0, 0.05) is 18.8 Å². The van der Waals surface area contributed by atoms with Gasteiger partial charge < -0.3 is 15.1 Å². The van der Waals surface area contributed by atoms with Crippen LogP contribution in [0.15, 0.2) is 54.6 Å². The maximum atomic E-state index is 12.9. The lowest BCUT2D eigenvalue weighted by Crippen LogP contribution is -3.14. The molecule has 2 aromatic rings. The fourth-order valence-corrected chi connectivity index (χ4v) is 4.39. The third-order valence-corrected chi connectivity index (χ3v) is 6.17. The van der Waals surface area contributed by atoms with E-state index in [4.69, 9.17) is 0 Å². The number of piperidine rings is 1. The summed E-state index contributed by atoms with van der Waals surface area (Å²) in [5, 5.41) is 3.00. The zero-order valence-electron chi connectivity index (χ0n) is 18.9. The van der Waals surface area contributed by atoms with Gasteiger partial charge in [0.25, 0.3) is 11.8 Å². The summed E-state index contributed by atoms with van der Waals surface area (Å²) in [5.74, 6) is 0.780. The lowest BCUT2D eigenvalue weighted by Gasteiger charge is -2.32. The van der Waals surface area contributed by atoms with Crippen molar-refractivity contribution in [1.29, 1.82) is 0 Å². The highest BCUT2D eigenvalue weighted by Crippen LogP contribution is 2.21. The van der Waals surface area contributed by atoms with Gasteiger partial charge in [-0.15, -0.1) is 0 Å². The van der Waals surface area contributed by atoms with Gasteiger partial charge in [0.05, 0.1) is 6.54 Å². The smallest absolute Gasteiger partial charge is 0.279 e. The standard InChI is InChI=1S/C26H35N3O2/c1-3-15-28(19-25(30)27-24-12-8-7-9-21(24)2)20-26(31)29-16-13-23(14-17-29)18-22-10-5-4-6-11-22/h4-12,23H,3,13-20H2,1-2H3,(H,27,30)/p+1. The van der Waals surface area contributed by atoms with Gasteiger partial charge in [-0.05, 0) is 55.7 Å². The second-order valence-corrected chi connectivity index (χ2v) is 8.73. The van der Waals surface area contributed by atoms with Gasteiger partial charge in [0.15, 0.2) is 13.1 Å². The van der Waals surface area contributed by atoms with Crippen LogP contribution < -0.4 is 10.2 Å². The Morgan fingerprint density at radius 1 is 1.00 bits per heavy atom. The monoisotopic (exact) mass is 422 g/mol. The van der Waals surface area contributed by atoms with E-state index in [2.05, 4.69) is 42.6 Å². The van der Waals surface area contributed by atoms with Crippen molar-refractivity contribution in [1.82, 2.24) is 4.90 Å². The van der Waals surface area contributed by atoms with Crippen LogP contribution in [0, 0.1) is 12.8 Å². The maximum absolute atomic E-state index is 12.9. The van der Waals surface area contributed by atoms with Crippen molar-refractivity contribution in [3.63, 3.8) is 0 Å². The summed E-state index contributed by atoms with van der Waals surface area (Å²) in [4.78, 5) is 28.5. The minimum absolute atomic E-state index is 0.0351. The molecule has 1 unspecified atom stereocenters. The number of carbonyl (C=O) groups is 2. The first-order chi connectivity index (χ1) is 15.0. The molecule has 3 rings (SSSR count). The van der Waals surface area contributed by atoms with E-state index in [9.17, 15) is 9.59 Å². The highest BCUT2D eigenvalue weighted by molar-refractivity contribution is 5.92. The Bertz CT molecular complexity index is 845. The first-order valence-corrected chi connectivity index (χ1v) is 11.6. The molecule has 1 atom stereocenters. The van der Waals surface area contributed by atoms with E-state index in [0.717, 1.165) is 61.5 Å². The minimum atomic E-state index is -0.0351. The molecule has 2 amide bonds. The van der Waals surface area contributed by atoms with E-state index in [1.54, 1.807) is 0 Å². The Kier molecular flexibility index (Phi) is 8.65. The summed E-state index contributed by atoms with van der Waals surface area (Å²) in [6.07, 6.45) is 4.14. The van der Waals surface area contributed by atoms with Crippen molar-refractivity contribution in [2.45, 2.75) is 39.5 Å². The Hall–Kier alpha value is -2.66. The summed E-state index contributed by atoms with van der Waals surface area (Å²) >= 11 is 0. The molecule has 2 N–H and O–H groups in total. The van der Waals surface area contributed by atoms with Gasteiger partial charge in [-0.25, -0.2) is 0 Å². The fraction of sp³-hybridized carbons (Fsp3) is 0.462. The third kappa shape index (κ3) is 7.21. The quantitative estimate of drug-likeness (QED) is 0.653. The lowest BCUT2D eigenvalue weighted by atomic mass is 9.90. The number of nitrogens with one attached hydrogen (secondary N) is 2. The number of likely N-dealkylation sites (tertiary alicyclic amines) is 1. The van der Waals surface area contributed by atoms with E-state index in [1.807, 2.05) is 36.1 Å². The molecule has 0 aromatic heterocycles. The van der Waals surface area contributed by atoms with Gasteiger partial charge in [0.1, 0.15) is 0 Å². The SMILES string of the molecule is CCC[NH+](CC(=O)Nc1ccccc1C)CC(=O)N1CCC(Cc2ccccc2)CC1. The van der Waals surface area contributed by atoms with Crippen LogP contribution in [0.5, 0.6) is 0 Å². The summed E-state index contributed by atoms with van der Waals surface area (Å²) in [7, 11) is 0. The van der Waals surface area contributed by atoms with Crippen molar-refractivity contribution >= 4 is 17.5 Å². The number of carbonyl (C=O) groups excluding carboxylic acids is 2. The lowest BCUT2D eigenvalue weighted by molar-refractivity contribution is -0.884. The van der Waals surface area contributed by atoms with Crippen LogP contribution in [0.3, 0.4) is 0 Å². The summed E-state index contributed by atoms with van der Waals surface area (Å²) in [6, 6.07) is 18.4. The topological polar surface area (TPSA) is 53.9 Å². The van der Waals surface area contributed by atoms with Gasteiger partial charge in [-0.2, -0.15) is 0 Å². The van der Waals surface area contributed by atoms with Crippen LogP contribution in [0.1, 0.15) is 37.3 Å². The minimum Gasteiger partial charge on any atom is -0.338 e. The Labute approximate surface area is 186 Å². The molecular weight excluding hydrogens is 386 g/mol. The van der Waals surface area contributed by atoms with E-state index in [0.29, 0.717) is 19.0 Å². The molecule has 1 saturated heterocycles. The number of amides is 2. The average Bonchev–Trinajstić information content (AvgIpc) is 2.76. The largest absolute Gasteiger partial charge is 0.338 e. The van der Waals surface area contributed by atoms with Crippen LogP contribution in [0.2, 0.25) is 0 Å². The van der Waals surface area contributed by atoms with Crippen LogP contribution in [0.4, 0.5) is 5.69 Å². The molecule has 0 radical (unpaired) electrons. The van der Waals surface area contributed by atoms with Gasteiger partial charge >= 0.3 is 0 Å². The molecule has 5 heteroatoms. The number of quaternary nitrogens is 1. The summed E-state index contributed by atoms with van der Waals surface area (Å²) in [6.45, 7) is 7.25. The van der Waals surface area contributed by atoms with Crippen LogP contribution >= 0.6 is 0 Å². The highest BCUT2D eigenvalue weighted by Gasteiger charge is 2.26. The zero-order valence-corrected chi connectivity index (χ0v) is 18.9. The first-order valence-electron chi connectivity index (χ1n) is 11.6. The Balaban J connectivity index is 1.46. The second-order valence-electron chi connectivity index (χ2n) is 8.73.